The maximum Gasteiger partial charge on any atom is 0.0774 e. The number of nitrogens with one attached hydrogen (secondary N) is 1. The number of aromatic nitrogens is 1. The van der Waals surface area contributed by atoms with Gasteiger partial charge in [0.05, 0.1) is 11.8 Å². The Morgan fingerprint density at radius 1 is 1.64 bits per heavy atom. The van der Waals surface area contributed by atoms with Gasteiger partial charge in [0, 0.05) is 25.0 Å². The van der Waals surface area contributed by atoms with E-state index in [9.17, 15) is 0 Å². The lowest BCUT2D eigenvalue weighted by Crippen LogP contribution is -2.29. The van der Waals surface area contributed by atoms with Crippen molar-refractivity contribution >= 4 is 5.69 Å². The van der Waals surface area contributed by atoms with Gasteiger partial charge in [-0.1, -0.05) is 0 Å². The Labute approximate surface area is 84.5 Å². The van der Waals surface area contributed by atoms with Crippen LogP contribution in [0, 0.1) is 0 Å². The predicted molar refractivity (Wildman–Crippen MR) is 56.3 cm³/mol. The van der Waals surface area contributed by atoms with E-state index in [1.807, 2.05) is 18.3 Å². The maximum atomic E-state index is 5.60. The van der Waals surface area contributed by atoms with Crippen molar-refractivity contribution in [3.05, 3.63) is 24.5 Å². The molecule has 14 heavy (non-hydrogen) atoms. The zero-order valence-corrected chi connectivity index (χ0v) is 8.44. The Morgan fingerprint density at radius 2 is 2.57 bits per heavy atom. The highest BCUT2D eigenvalue weighted by Gasteiger charge is 2.21. The van der Waals surface area contributed by atoms with Crippen LogP contribution in [0.3, 0.4) is 0 Å². The molecule has 0 bridgehead atoms. The van der Waals surface area contributed by atoms with E-state index in [1.54, 1.807) is 6.20 Å². The van der Waals surface area contributed by atoms with Crippen LogP contribution in [-0.2, 0) is 4.74 Å². The molecule has 1 fully saturated rings. The van der Waals surface area contributed by atoms with Gasteiger partial charge in [0.1, 0.15) is 0 Å². The van der Waals surface area contributed by atoms with Crippen LogP contribution in [0.5, 0.6) is 0 Å². The summed E-state index contributed by atoms with van der Waals surface area (Å²) in [5.41, 5.74) is 1.07. The minimum Gasteiger partial charge on any atom is -0.379 e. The molecule has 2 atom stereocenters. The molecule has 1 aliphatic rings. The molecule has 0 amide bonds. The second-order valence-corrected chi connectivity index (χ2v) is 3.73. The Hall–Kier alpha value is -1.09. The Balaban J connectivity index is 1.90. The third-order valence-corrected chi connectivity index (χ3v) is 2.58. The van der Waals surface area contributed by atoms with Crippen molar-refractivity contribution in [2.75, 3.05) is 11.9 Å². The molecule has 3 heteroatoms. The summed E-state index contributed by atoms with van der Waals surface area (Å²) < 4.78 is 5.60. The van der Waals surface area contributed by atoms with Crippen LogP contribution in [-0.4, -0.2) is 23.7 Å². The lowest BCUT2D eigenvalue weighted by molar-refractivity contribution is 0.0996. The molecule has 1 saturated heterocycles. The number of ether oxygens (including phenoxy) is 1. The lowest BCUT2D eigenvalue weighted by atomic mass is 10.1. The van der Waals surface area contributed by atoms with Gasteiger partial charge >= 0.3 is 0 Å². The average molecular weight is 192 g/mol. The molecule has 1 N–H and O–H groups in total. The van der Waals surface area contributed by atoms with Crippen LogP contribution in [0.2, 0.25) is 0 Å². The Morgan fingerprint density at radius 3 is 3.21 bits per heavy atom. The molecule has 1 aromatic rings. The van der Waals surface area contributed by atoms with Crippen LogP contribution in [0.1, 0.15) is 19.8 Å². The minimum atomic E-state index is 0.357. The summed E-state index contributed by atoms with van der Waals surface area (Å²) >= 11 is 0. The van der Waals surface area contributed by atoms with Gasteiger partial charge in [-0.25, -0.2) is 0 Å². The summed E-state index contributed by atoms with van der Waals surface area (Å²) in [4.78, 5) is 4.06. The highest BCUT2D eigenvalue weighted by molar-refractivity contribution is 5.40. The van der Waals surface area contributed by atoms with E-state index in [1.165, 1.54) is 6.42 Å². The molecule has 2 unspecified atom stereocenters. The van der Waals surface area contributed by atoms with Gasteiger partial charge in [-0.3, -0.25) is 4.98 Å². The minimum absolute atomic E-state index is 0.357. The fourth-order valence-corrected chi connectivity index (χ4v) is 1.80. The van der Waals surface area contributed by atoms with Crippen LogP contribution < -0.4 is 5.32 Å². The first kappa shape index (κ1) is 9.46. The molecule has 2 heterocycles. The van der Waals surface area contributed by atoms with Crippen molar-refractivity contribution in [1.29, 1.82) is 0 Å². The molecule has 0 saturated carbocycles. The van der Waals surface area contributed by atoms with E-state index in [-0.39, 0.29) is 0 Å². The van der Waals surface area contributed by atoms with Crippen LogP contribution in [0.4, 0.5) is 5.69 Å². The number of hydrogen-bond donors (Lipinski definition) is 1. The van der Waals surface area contributed by atoms with Crippen molar-refractivity contribution in [2.45, 2.75) is 31.9 Å². The van der Waals surface area contributed by atoms with E-state index in [4.69, 9.17) is 4.74 Å². The SMILES string of the molecule is CC(Nc1cccnc1)C1CCCO1. The zero-order valence-electron chi connectivity index (χ0n) is 8.44. The quantitative estimate of drug-likeness (QED) is 0.796. The first-order chi connectivity index (χ1) is 6.86. The fraction of sp³-hybridized carbons (Fsp3) is 0.545. The number of nitrogens with zero attached hydrogens (tertiary/aromatic N) is 1. The monoisotopic (exact) mass is 192 g/mol. The third-order valence-electron chi connectivity index (χ3n) is 2.58. The molecule has 2 rings (SSSR count). The summed E-state index contributed by atoms with van der Waals surface area (Å²) in [5, 5.41) is 3.40. The molecular weight excluding hydrogens is 176 g/mol. The number of rotatable bonds is 3. The van der Waals surface area contributed by atoms with Crippen LogP contribution in [0.25, 0.3) is 0 Å². The fourth-order valence-electron chi connectivity index (χ4n) is 1.80. The molecule has 0 spiro atoms. The number of hydrogen-bond acceptors (Lipinski definition) is 3. The molecule has 0 aromatic carbocycles. The second-order valence-electron chi connectivity index (χ2n) is 3.73. The van der Waals surface area contributed by atoms with Crippen molar-refractivity contribution in [2.24, 2.45) is 0 Å². The van der Waals surface area contributed by atoms with E-state index < -0.39 is 0 Å². The van der Waals surface area contributed by atoms with E-state index in [0.29, 0.717) is 12.1 Å². The highest BCUT2D eigenvalue weighted by Crippen LogP contribution is 2.18. The van der Waals surface area contributed by atoms with E-state index in [0.717, 1.165) is 18.7 Å². The first-order valence-electron chi connectivity index (χ1n) is 5.14. The van der Waals surface area contributed by atoms with Crippen molar-refractivity contribution in [1.82, 2.24) is 4.98 Å². The molecule has 76 valence electrons. The normalized spacial score (nSPS) is 23.4. The van der Waals surface area contributed by atoms with E-state index in [2.05, 4.69) is 17.2 Å². The van der Waals surface area contributed by atoms with Gasteiger partial charge in [0.25, 0.3) is 0 Å². The summed E-state index contributed by atoms with van der Waals surface area (Å²) in [5.74, 6) is 0. The van der Waals surface area contributed by atoms with Gasteiger partial charge < -0.3 is 10.1 Å². The predicted octanol–water partition coefficient (Wildman–Crippen LogP) is 2.06. The van der Waals surface area contributed by atoms with E-state index >= 15 is 0 Å². The summed E-state index contributed by atoms with van der Waals surface area (Å²) in [7, 11) is 0. The van der Waals surface area contributed by atoms with Gasteiger partial charge in [0.15, 0.2) is 0 Å². The molecular formula is C11H16N2O. The third kappa shape index (κ3) is 2.23. The molecule has 0 aliphatic carbocycles. The van der Waals surface area contributed by atoms with Crippen molar-refractivity contribution in [3.8, 4) is 0 Å². The standard InChI is InChI=1S/C11H16N2O/c1-9(11-5-3-7-14-11)13-10-4-2-6-12-8-10/h2,4,6,8-9,11,13H,3,5,7H2,1H3. The summed E-state index contributed by atoms with van der Waals surface area (Å²) in [6.07, 6.45) is 6.32. The second kappa shape index (κ2) is 4.42. The number of anilines is 1. The first-order valence-corrected chi connectivity index (χ1v) is 5.14. The lowest BCUT2D eigenvalue weighted by Gasteiger charge is -2.20. The van der Waals surface area contributed by atoms with Gasteiger partial charge in [-0.2, -0.15) is 0 Å². The van der Waals surface area contributed by atoms with Gasteiger partial charge in [-0.05, 0) is 31.9 Å². The molecule has 1 aromatic heterocycles. The molecule has 1 aliphatic heterocycles. The van der Waals surface area contributed by atoms with Crippen LogP contribution >= 0.6 is 0 Å². The summed E-state index contributed by atoms with van der Waals surface area (Å²) in [6.45, 7) is 3.06. The zero-order chi connectivity index (χ0) is 9.80. The van der Waals surface area contributed by atoms with Crippen molar-refractivity contribution in [3.63, 3.8) is 0 Å². The molecule has 3 nitrogen and oxygen atoms in total. The topological polar surface area (TPSA) is 34.2 Å². The average Bonchev–Trinajstić information content (AvgIpc) is 2.72. The largest absolute Gasteiger partial charge is 0.379 e. The smallest absolute Gasteiger partial charge is 0.0774 e. The maximum absolute atomic E-state index is 5.60. The Bertz CT molecular complexity index is 270. The summed E-state index contributed by atoms with van der Waals surface area (Å²) in [6, 6.07) is 4.32. The van der Waals surface area contributed by atoms with Crippen molar-refractivity contribution < 1.29 is 4.74 Å². The Kier molecular flexibility index (Phi) is 2.99. The van der Waals surface area contributed by atoms with Crippen LogP contribution in [0.15, 0.2) is 24.5 Å². The molecule has 0 radical (unpaired) electrons. The van der Waals surface area contributed by atoms with Gasteiger partial charge in [-0.15, -0.1) is 0 Å². The number of pyridine rings is 1. The highest BCUT2D eigenvalue weighted by atomic mass is 16.5. The van der Waals surface area contributed by atoms with Gasteiger partial charge in [0.2, 0.25) is 0 Å².